The number of hydrogen-bond acceptors (Lipinski definition) is 6. The van der Waals surface area contributed by atoms with E-state index in [4.69, 9.17) is 38.1 Å². The first-order valence-electron chi connectivity index (χ1n) is 8.61. The molecule has 2 aromatic rings. The van der Waals surface area contributed by atoms with E-state index in [1.807, 2.05) is 12.1 Å². The van der Waals surface area contributed by atoms with Crippen LogP contribution in [-0.4, -0.2) is 10.9 Å². The zero-order valence-corrected chi connectivity index (χ0v) is 16.5. The lowest BCUT2D eigenvalue weighted by Crippen LogP contribution is -2.57. The van der Waals surface area contributed by atoms with Crippen molar-refractivity contribution in [1.29, 1.82) is 21.2 Å². The van der Waals surface area contributed by atoms with Crippen molar-refractivity contribution in [3.05, 3.63) is 57.8 Å². The summed E-state index contributed by atoms with van der Waals surface area (Å²) in [6, 6.07) is 14.0. The van der Waals surface area contributed by atoms with Crippen LogP contribution < -0.4 is 0 Å². The van der Waals surface area contributed by atoms with E-state index in [1.54, 1.807) is 37.4 Å². The molecule has 0 radical (unpaired) electrons. The van der Waals surface area contributed by atoms with Gasteiger partial charge in [0.2, 0.25) is 17.1 Å². The highest BCUT2D eigenvalue weighted by Gasteiger charge is 2.80. The number of ether oxygens (including phenoxy) is 2. The lowest BCUT2D eigenvalue weighted by atomic mass is 9.54. The fourth-order valence-electron chi connectivity index (χ4n) is 4.40. The lowest BCUT2D eigenvalue weighted by Gasteiger charge is -2.48. The summed E-state index contributed by atoms with van der Waals surface area (Å²) >= 11 is 12.4. The molecule has 29 heavy (non-hydrogen) atoms. The van der Waals surface area contributed by atoms with Gasteiger partial charge in [0.05, 0.1) is 29.1 Å². The standard InChI is InChI=1S/C20H13Cl2N5O2/c1-11-19(10-25)17(26)29-20(11,13-5-4-12(21)7-14(13)22)28-16(15-3-2-6-27-15)18(19,8-23)9-24/h2-7,11,16,26-27H,1H3. The SMILES string of the molecule is CC1C2(c3ccc(Cl)cc3Cl)OC(=N)C1(C#N)C(C#N)(C#N)C(c1ccc[nH]1)O2. The Labute approximate surface area is 176 Å². The quantitative estimate of drug-likeness (QED) is 0.734. The number of rotatable bonds is 2. The Balaban J connectivity index is 2.06. The maximum Gasteiger partial charge on any atom is 0.245 e. The van der Waals surface area contributed by atoms with Crippen molar-refractivity contribution in [1.82, 2.24) is 4.98 Å². The molecule has 1 aromatic heterocycles. The highest BCUT2D eigenvalue weighted by atomic mass is 35.5. The van der Waals surface area contributed by atoms with Gasteiger partial charge < -0.3 is 14.5 Å². The second kappa shape index (κ2) is 6.24. The zero-order chi connectivity index (χ0) is 21.0. The van der Waals surface area contributed by atoms with E-state index in [9.17, 15) is 15.8 Å². The molecule has 2 saturated heterocycles. The van der Waals surface area contributed by atoms with Crippen LogP contribution in [0.1, 0.15) is 24.3 Å². The van der Waals surface area contributed by atoms with E-state index >= 15 is 0 Å². The number of nitrogens with zero attached hydrogens (tertiary/aromatic N) is 3. The van der Waals surface area contributed by atoms with Gasteiger partial charge in [-0.05, 0) is 30.3 Å². The summed E-state index contributed by atoms with van der Waals surface area (Å²) in [7, 11) is 0. The van der Waals surface area contributed by atoms with Crippen LogP contribution in [0.25, 0.3) is 0 Å². The van der Waals surface area contributed by atoms with Gasteiger partial charge in [0.25, 0.3) is 0 Å². The molecule has 4 rings (SSSR count). The fourth-order valence-corrected chi connectivity index (χ4v) is 4.94. The Morgan fingerprint density at radius 3 is 2.41 bits per heavy atom. The Hall–Kier alpha value is -3.02. The number of H-pyrrole nitrogens is 1. The molecule has 0 amide bonds. The fraction of sp³-hybridized carbons (Fsp3) is 0.300. The molecule has 2 aliphatic rings. The number of halogens is 2. The third-order valence-corrected chi connectivity index (χ3v) is 6.43. The predicted molar refractivity (Wildman–Crippen MR) is 102 cm³/mol. The first kappa shape index (κ1) is 19.3. The molecule has 9 heteroatoms. The number of nitriles is 3. The Kier molecular flexibility index (Phi) is 4.15. The Morgan fingerprint density at radius 2 is 1.86 bits per heavy atom. The largest absolute Gasteiger partial charge is 0.443 e. The van der Waals surface area contributed by atoms with Crippen LogP contribution in [0.15, 0.2) is 36.5 Å². The molecule has 7 nitrogen and oxygen atoms in total. The third kappa shape index (κ3) is 2.11. The average Bonchev–Trinajstić information content (AvgIpc) is 3.28. The Bertz CT molecular complexity index is 1130. The van der Waals surface area contributed by atoms with E-state index < -0.39 is 34.5 Å². The maximum absolute atomic E-state index is 10.2. The van der Waals surface area contributed by atoms with Gasteiger partial charge in [-0.15, -0.1) is 0 Å². The molecule has 4 atom stereocenters. The number of fused-ring (bicyclic) bond motifs is 2. The topological polar surface area (TPSA) is 129 Å². The molecule has 3 heterocycles. The van der Waals surface area contributed by atoms with Gasteiger partial charge >= 0.3 is 0 Å². The zero-order valence-electron chi connectivity index (χ0n) is 15.0. The number of nitrogens with one attached hydrogen (secondary N) is 2. The summed E-state index contributed by atoms with van der Waals surface area (Å²) < 4.78 is 12.2. The van der Waals surface area contributed by atoms with Crippen molar-refractivity contribution in [2.24, 2.45) is 16.7 Å². The van der Waals surface area contributed by atoms with Crippen molar-refractivity contribution in [2.75, 3.05) is 0 Å². The summed E-state index contributed by atoms with van der Waals surface area (Å²) in [4.78, 5) is 2.95. The van der Waals surface area contributed by atoms with Gasteiger partial charge in [-0.1, -0.05) is 30.1 Å². The molecule has 0 saturated carbocycles. The molecule has 0 aliphatic carbocycles. The van der Waals surface area contributed by atoms with Gasteiger partial charge in [-0.2, -0.15) is 15.8 Å². The van der Waals surface area contributed by atoms with Crippen LogP contribution in [0.5, 0.6) is 0 Å². The van der Waals surface area contributed by atoms with Crippen molar-refractivity contribution < 1.29 is 9.47 Å². The van der Waals surface area contributed by atoms with Crippen LogP contribution in [0.2, 0.25) is 10.0 Å². The normalized spacial score (nSPS) is 31.9. The van der Waals surface area contributed by atoms with Gasteiger partial charge in [0, 0.05) is 22.5 Å². The molecular formula is C20H13Cl2N5O2. The van der Waals surface area contributed by atoms with Gasteiger partial charge in [0.15, 0.2) is 5.41 Å². The number of benzene rings is 1. The summed E-state index contributed by atoms with van der Waals surface area (Å²) in [6.45, 7) is 1.62. The Morgan fingerprint density at radius 1 is 1.14 bits per heavy atom. The molecule has 2 aliphatic heterocycles. The highest BCUT2D eigenvalue weighted by molar-refractivity contribution is 6.35. The van der Waals surface area contributed by atoms with Crippen molar-refractivity contribution in [2.45, 2.75) is 18.8 Å². The maximum atomic E-state index is 10.2. The summed E-state index contributed by atoms with van der Waals surface area (Å²) in [5.41, 5.74) is -3.14. The first-order chi connectivity index (χ1) is 13.8. The predicted octanol–water partition coefficient (Wildman–Crippen LogP) is 4.43. The summed E-state index contributed by atoms with van der Waals surface area (Å²) in [5, 5.41) is 39.5. The summed E-state index contributed by atoms with van der Waals surface area (Å²) in [6.07, 6.45) is 0.420. The van der Waals surface area contributed by atoms with Crippen LogP contribution in [0.3, 0.4) is 0 Å². The molecule has 2 fully saturated rings. The first-order valence-corrected chi connectivity index (χ1v) is 9.37. The minimum absolute atomic E-state index is 0.220. The minimum Gasteiger partial charge on any atom is -0.443 e. The average molecular weight is 426 g/mol. The van der Waals surface area contributed by atoms with E-state index in [1.165, 1.54) is 6.07 Å². The van der Waals surface area contributed by atoms with E-state index in [0.29, 0.717) is 16.3 Å². The number of aromatic nitrogens is 1. The van der Waals surface area contributed by atoms with E-state index in [-0.39, 0.29) is 5.02 Å². The molecule has 1 aromatic carbocycles. The van der Waals surface area contributed by atoms with Crippen LogP contribution >= 0.6 is 23.2 Å². The van der Waals surface area contributed by atoms with Crippen LogP contribution in [0, 0.1) is 56.2 Å². The molecule has 2 N–H and O–H groups in total. The second-order valence-corrected chi connectivity index (χ2v) is 7.86. The van der Waals surface area contributed by atoms with Crippen molar-refractivity contribution >= 4 is 29.1 Å². The molecule has 4 unspecified atom stereocenters. The molecule has 144 valence electrons. The van der Waals surface area contributed by atoms with Crippen LogP contribution in [-0.2, 0) is 15.3 Å². The highest BCUT2D eigenvalue weighted by Crippen LogP contribution is 2.69. The smallest absolute Gasteiger partial charge is 0.245 e. The van der Waals surface area contributed by atoms with Crippen molar-refractivity contribution in [3.8, 4) is 18.2 Å². The second-order valence-electron chi connectivity index (χ2n) is 7.02. The molecular weight excluding hydrogens is 413 g/mol. The summed E-state index contributed by atoms with van der Waals surface area (Å²) in [5.74, 6) is -3.05. The number of hydrogen-bond donors (Lipinski definition) is 2. The molecule has 0 spiro atoms. The lowest BCUT2D eigenvalue weighted by molar-refractivity contribution is -0.289. The minimum atomic E-state index is -2.03. The number of aromatic amines is 1. The van der Waals surface area contributed by atoms with Gasteiger partial charge in [-0.3, -0.25) is 5.41 Å². The molecule has 2 bridgehead atoms. The van der Waals surface area contributed by atoms with Gasteiger partial charge in [-0.25, -0.2) is 0 Å². The monoisotopic (exact) mass is 425 g/mol. The van der Waals surface area contributed by atoms with Gasteiger partial charge in [0.1, 0.15) is 6.10 Å². The van der Waals surface area contributed by atoms with E-state index in [0.717, 1.165) is 0 Å². The van der Waals surface area contributed by atoms with Crippen molar-refractivity contribution in [3.63, 3.8) is 0 Å². The van der Waals surface area contributed by atoms with Crippen LogP contribution in [0.4, 0.5) is 0 Å². The van der Waals surface area contributed by atoms with E-state index in [2.05, 4.69) is 11.1 Å². The third-order valence-electron chi connectivity index (χ3n) is 5.88.